The number of rotatable bonds is 4. The average molecular weight is 381 g/mol. The largest absolute Gasteiger partial charge is 0.466 e. The van der Waals surface area contributed by atoms with E-state index in [-0.39, 0.29) is 17.5 Å². The highest BCUT2D eigenvalue weighted by Crippen LogP contribution is 2.36. The molecule has 0 bridgehead atoms. The van der Waals surface area contributed by atoms with Crippen LogP contribution in [0.5, 0.6) is 0 Å². The monoisotopic (exact) mass is 380 g/mol. The molecule has 2 rings (SSSR count). The number of likely N-dealkylation sites (tertiary alicyclic amines) is 1. The van der Waals surface area contributed by atoms with Crippen molar-refractivity contribution >= 4 is 23.6 Å². The molecule has 0 saturated carbocycles. The number of halogens is 1. The van der Waals surface area contributed by atoms with Gasteiger partial charge in [0.25, 0.3) is 0 Å². The number of benzene rings is 1. The van der Waals surface area contributed by atoms with E-state index in [0.717, 1.165) is 12.0 Å². The van der Waals surface area contributed by atoms with Crippen LogP contribution < -0.4 is 5.32 Å². The fraction of sp³-hybridized carbons (Fsp3) is 0.600. The van der Waals surface area contributed by atoms with Crippen LogP contribution in [0.3, 0.4) is 0 Å². The summed E-state index contributed by atoms with van der Waals surface area (Å²) >= 11 is 6.11. The first-order chi connectivity index (χ1) is 12.1. The third-order valence-corrected chi connectivity index (χ3v) is 4.72. The number of esters is 1. The summed E-state index contributed by atoms with van der Waals surface area (Å²) in [4.78, 5) is 27.2. The van der Waals surface area contributed by atoms with Crippen LogP contribution in [0.2, 0.25) is 5.02 Å². The van der Waals surface area contributed by atoms with Crippen LogP contribution in [0, 0.1) is 5.41 Å². The quantitative estimate of drug-likeness (QED) is 0.802. The van der Waals surface area contributed by atoms with Gasteiger partial charge in [0.2, 0.25) is 0 Å². The number of nitrogens with zero attached hydrogens (tertiary/aromatic N) is 1. The minimum atomic E-state index is -0.742. The van der Waals surface area contributed by atoms with E-state index in [1.54, 1.807) is 11.8 Å². The van der Waals surface area contributed by atoms with Gasteiger partial charge in [0.05, 0.1) is 12.0 Å². The molecule has 5 nitrogen and oxygen atoms in total. The molecule has 1 aliphatic rings. The van der Waals surface area contributed by atoms with Gasteiger partial charge < -0.3 is 15.0 Å². The van der Waals surface area contributed by atoms with Gasteiger partial charge in [-0.1, -0.05) is 23.7 Å². The van der Waals surface area contributed by atoms with E-state index < -0.39 is 5.41 Å². The molecule has 0 aliphatic carbocycles. The maximum atomic E-state index is 12.8. The van der Waals surface area contributed by atoms with E-state index in [9.17, 15) is 9.59 Å². The summed E-state index contributed by atoms with van der Waals surface area (Å²) in [5.41, 5.74) is -0.0916. The molecule has 1 aromatic rings. The van der Waals surface area contributed by atoms with E-state index in [1.165, 1.54) is 0 Å². The average Bonchev–Trinajstić information content (AvgIpc) is 2.53. The van der Waals surface area contributed by atoms with Gasteiger partial charge in [-0.25, -0.2) is 4.79 Å². The summed E-state index contributed by atoms with van der Waals surface area (Å²) < 4.78 is 5.39. The van der Waals surface area contributed by atoms with Gasteiger partial charge in [0.15, 0.2) is 0 Å². The van der Waals surface area contributed by atoms with Crippen LogP contribution in [-0.2, 0) is 16.0 Å². The van der Waals surface area contributed by atoms with Crippen molar-refractivity contribution < 1.29 is 14.3 Å². The van der Waals surface area contributed by atoms with Gasteiger partial charge >= 0.3 is 12.0 Å². The van der Waals surface area contributed by atoms with Gasteiger partial charge in [0, 0.05) is 23.7 Å². The van der Waals surface area contributed by atoms with Crippen LogP contribution in [0.15, 0.2) is 24.3 Å². The number of ether oxygens (including phenoxy) is 1. The summed E-state index contributed by atoms with van der Waals surface area (Å²) in [6.07, 6.45) is 1.96. The number of hydrogen-bond acceptors (Lipinski definition) is 3. The summed E-state index contributed by atoms with van der Waals surface area (Å²) in [6, 6.07) is 7.38. The third kappa shape index (κ3) is 5.37. The minimum Gasteiger partial charge on any atom is -0.466 e. The number of urea groups is 1. The molecule has 6 heteroatoms. The third-order valence-electron chi connectivity index (χ3n) is 4.49. The molecular formula is C20H29ClN2O3. The first-order valence-corrected chi connectivity index (χ1v) is 9.52. The Bertz CT molecular complexity index is 657. The number of amides is 2. The molecule has 1 N–H and O–H groups in total. The number of carbonyl (C=O) groups excluding carboxylic acids is 2. The Balaban J connectivity index is 2.25. The molecular weight excluding hydrogens is 352 g/mol. The summed E-state index contributed by atoms with van der Waals surface area (Å²) in [6.45, 7) is 8.94. The lowest BCUT2D eigenvalue weighted by Crippen LogP contribution is -2.56. The van der Waals surface area contributed by atoms with Crippen molar-refractivity contribution in [3.63, 3.8) is 0 Å². The fourth-order valence-corrected chi connectivity index (χ4v) is 3.62. The van der Waals surface area contributed by atoms with Crippen LogP contribution >= 0.6 is 11.6 Å². The van der Waals surface area contributed by atoms with Gasteiger partial charge in [-0.2, -0.15) is 0 Å². The summed E-state index contributed by atoms with van der Waals surface area (Å²) in [5, 5.41) is 3.62. The van der Waals surface area contributed by atoms with E-state index in [1.807, 2.05) is 45.0 Å². The van der Waals surface area contributed by atoms with Gasteiger partial charge in [-0.3, -0.25) is 4.79 Å². The predicted octanol–water partition coefficient (Wildman–Crippen LogP) is 4.04. The van der Waals surface area contributed by atoms with Crippen LogP contribution in [0.4, 0.5) is 4.79 Å². The molecule has 1 atom stereocenters. The normalized spacial score (nSPS) is 20.6. The fourth-order valence-electron chi connectivity index (χ4n) is 3.41. The maximum Gasteiger partial charge on any atom is 0.317 e. The zero-order valence-electron chi connectivity index (χ0n) is 16.1. The molecule has 144 valence electrons. The second-order valence-corrected chi connectivity index (χ2v) is 8.45. The Labute approximate surface area is 161 Å². The molecule has 0 spiro atoms. The van der Waals surface area contributed by atoms with Crippen molar-refractivity contribution in [3.8, 4) is 0 Å². The molecule has 1 aromatic carbocycles. The highest BCUT2D eigenvalue weighted by molar-refractivity contribution is 6.30. The first-order valence-electron chi connectivity index (χ1n) is 9.14. The van der Waals surface area contributed by atoms with Crippen molar-refractivity contribution in [2.75, 3.05) is 19.7 Å². The van der Waals surface area contributed by atoms with Crippen LogP contribution in [-0.4, -0.2) is 42.1 Å². The molecule has 1 unspecified atom stereocenters. The smallest absolute Gasteiger partial charge is 0.317 e. The molecule has 1 fully saturated rings. The number of nitrogens with one attached hydrogen (secondary N) is 1. The Morgan fingerprint density at radius 3 is 2.69 bits per heavy atom. The van der Waals surface area contributed by atoms with Gasteiger partial charge in [-0.05, 0) is 64.7 Å². The molecule has 26 heavy (non-hydrogen) atoms. The second-order valence-electron chi connectivity index (χ2n) is 8.01. The number of carbonyl (C=O) groups is 2. The first kappa shape index (κ1) is 20.6. The Hall–Kier alpha value is -1.75. The Morgan fingerprint density at radius 2 is 2.08 bits per heavy atom. The number of piperidine rings is 1. The van der Waals surface area contributed by atoms with E-state index in [4.69, 9.17) is 16.3 Å². The van der Waals surface area contributed by atoms with Crippen molar-refractivity contribution in [1.82, 2.24) is 10.2 Å². The molecule has 0 aromatic heterocycles. The Kier molecular flexibility index (Phi) is 6.56. The summed E-state index contributed by atoms with van der Waals surface area (Å²) in [5.74, 6) is -0.242. The maximum absolute atomic E-state index is 12.8. The van der Waals surface area contributed by atoms with E-state index in [2.05, 4.69) is 5.32 Å². The van der Waals surface area contributed by atoms with Crippen molar-refractivity contribution in [2.45, 2.75) is 52.5 Å². The molecule has 1 aliphatic heterocycles. The SMILES string of the molecule is CCOC(=O)C1(Cc2cccc(Cl)c2)CCCN(C(=O)NC(C)(C)C)C1. The standard InChI is InChI=1S/C20H29ClN2O3/c1-5-26-17(24)20(13-15-8-6-9-16(21)12-15)10-7-11-23(14-20)18(25)22-19(2,3)4/h6,8-9,12H,5,7,10-11,13-14H2,1-4H3,(H,22,25). The lowest BCUT2D eigenvalue weighted by Gasteiger charge is -2.41. The van der Waals surface area contributed by atoms with Crippen molar-refractivity contribution in [2.24, 2.45) is 5.41 Å². The Morgan fingerprint density at radius 1 is 1.35 bits per heavy atom. The highest BCUT2D eigenvalue weighted by atomic mass is 35.5. The molecule has 2 amide bonds. The lowest BCUT2D eigenvalue weighted by atomic mass is 9.75. The molecule has 1 heterocycles. The lowest BCUT2D eigenvalue weighted by molar-refractivity contribution is -0.158. The molecule has 1 saturated heterocycles. The number of hydrogen-bond donors (Lipinski definition) is 1. The van der Waals surface area contributed by atoms with E-state index in [0.29, 0.717) is 37.6 Å². The molecule has 0 radical (unpaired) electrons. The summed E-state index contributed by atoms with van der Waals surface area (Å²) in [7, 11) is 0. The van der Waals surface area contributed by atoms with Gasteiger partial charge in [-0.15, -0.1) is 0 Å². The van der Waals surface area contributed by atoms with Crippen LogP contribution in [0.1, 0.15) is 46.1 Å². The van der Waals surface area contributed by atoms with Crippen molar-refractivity contribution in [3.05, 3.63) is 34.9 Å². The zero-order valence-corrected chi connectivity index (χ0v) is 16.9. The predicted molar refractivity (Wildman–Crippen MR) is 103 cm³/mol. The van der Waals surface area contributed by atoms with Crippen molar-refractivity contribution in [1.29, 1.82) is 0 Å². The second kappa shape index (κ2) is 8.30. The van der Waals surface area contributed by atoms with E-state index >= 15 is 0 Å². The minimum absolute atomic E-state index is 0.142. The topological polar surface area (TPSA) is 58.6 Å². The van der Waals surface area contributed by atoms with Crippen LogP contribution in [0.25, 0.3) is 0 Å². The highest BCUT2D eigenvalue weighted by Gasteiger charge is 2.45. The zero-order chi connectivity index (χ0) is 19.4. The van der Waals surface area contributed by atoms with Gasteiger partial charge in [0.1, 0.15) is 0 Å².